The first-order valence-electron chi connectivity index (χ1n) is 5.60. The van der Waals surface area contributed by atoms with Gasteiger partial charge in [0.15, 0.2) is 0 Å². The standard InChI is InChI=1S/C11H21N3O/c1-4-11(8-15)13-9(3)10-6-12-14(5-2)7-10/h6-7,9,11,13,15H,4-5,8H2,1-3H3/t9?,11-/m0/s1. The summed E-state index contributed by atoms with van der Waals surface area (Å²) in [5, 5.41) is 16.7. The second-order valence-electron chi connectivity index (χ2n) is 3.81. The third-order valence-corrected chi connectivity index (χ3v) is 2.68. The summed E-state index contributed by atoms with van der Waals surface area (Å²) in [6.45, 7) is 7.30. The van der Waals surface area contributed by atoms with Crippen molar-refractivity contribution in [1.82, 2.24) is 15.1 Å². The van der Waals surface area contributed by atoms with Crippen LogP contribution in [0.3, 0.4) is 0 Å². The zero-order valence-electron chi connectivity index (χ0n) is 9.77. The third kappa shape index (κ3) is 3.32. The lowest BCUT2D eigenvalue weighted by Gasteiger charge is -2.19. The van der Waals surface area contributed by atoms with Crippen molar-refractivity contribution in [2.75, 3.05) is 6.61 Å². The molecule has 2 atom stereocenters. The molecule has 0 bridgehead atoms. The quantitative estimate of drug-likeness (QED) is 0.746. The Balaban J connectivity index is 2.55. The molecule has 0 aliphatic heterocycles. The predicted molar refractivity (Wildman–Crippen MR) is 60.6 cm³/mol. The lowest BCUT2D eigenvalue weighted by molar-refractivity contribution is 0.230. The number of nitrogens with zero attached hydrogens (tertiary/aromatic N) is 2. The van der Waals surface area contributed by atoms with Gasteiger partial charge in [-0.2, -0.15) is 5.10 Å². The van der Waals surface area contributed by atoms with Gasteiger partial charge in [0, 0.05) is 30.4 Å². The van der Waals surface area contributed by atoms with E-state index in [4.69, 9.17) is 5.11 Å². The Kier molecular flexibility index (Phi) is 4.78. The summed E-state index contributed by atoms with van der Waals surface area (Å²) in [5.74, 6) is 0. The highest BCUT2D eigenvalue weighted by molar-refractivity contribution is 5.09. The van der Waals surface area contributed by atoms with E-state index in [1.807, 2.05) is 17.1 Å². The number of hydrogen-bond donors (Lipinski definition) is 2. The Bertz CT molecular complexity index is 281. The molecular weight excluding hydrogens is 190 g/mol. The molecule has 4 nitrogen and oxygen atoms in total. The number of aliphatic hydroxyl groups excluding tert-OH is 1. The van der Waals surface area contributed by atoms with Crippen LogP contribution in [0.25, 0.3) is 0 Å². The first-order chi connectivity index (χ1) is 7.21. The lowest BCUT2D eigenvalue weighted by atomic mass is 10.1. The Morgan fingerprint density at radius 1 is 1.53 bits per heavy atom. The normalized spacial score (nSPS) is 15.2. The maximum atomic E-state index is 9.09. The van der Waals surface area contributed by atoms with Crippen LogP contribution >= 0.6 is 0 Å². The molecule has 1 rings (SSSR count). The van der Waals surface area contributed by atoms with Gasteiger partial charge in [-0.3, -0.25) is 4.68 Å². The Labute approximate surface area is 91.3 Å². The second kappa shape index (κ2) is 5.88. The Morgan fingerprint density at radius 2 is 2.27 bits per heavy atom. The van der Waals surface area contributed by atoms with E-state index >= 15 is 0 Å². The molecule has 0 aromatic carbocycles. The summed E-state index contributed by atoms with van der Waals surface area (Å²) in [6.07, 6.45) is 4.86. The fourth-order valence-electron chi connectivity index (χ4n) is 1.53. The Morgan fingerprint density at radius 3 is 2.73 bits per heavy atom. The minimum Gasteiger partial charge on any atom is -0.395 e. The van der Waals surface area contributed by atoms with Crippen LogP contribution in [0.2, 0.25) is 0 Å². The smallest absolute Gasteiger partial charge is 0.0584 e. The van der Waals surface area contributed by atoms with E-state index in [9.17, 15) is 0 Å². The number of rotatable bonds is 6. The van der Waals surface area contributed by atoms with Gasteiger partial charge in [-0.1, -0.05) is 6.92 Å². The van der Waals surface area contributed by atoms with Gasteiger partial charge in [0.1, 0.15) is 0 Å². The molecule has 0 fully saturated rings. The zero-order chi connectivity index (χ0) is 11.3. The maximum absolute atomic E-state index is 9.09. The highest BCUT2D eigenvalue weighted by Gasteiger charge is 2.12. The van der Waals surface area contributed by atoms with Crippen molar-refractivity contribution < 1.29 is 5.11 Å². The SMILES string of the molecule is CC[C@@H](CO)NC(C)c1cnn(CC)c1. The van der Waals surface area contributed by atoms with Crippen LogP contribution in [-0.2, 0) is 6.54 Å². The summed E-state index contributed by atoms with van der Waals surface area (Å²) >= 11 is 0. The fourth-order valence-corrected chi connectivity index (χ4v) is 1.53. The van der Waals surface area contributed by atoms with Crippen LogP contribution in [0, 0.1) is 0 Å². The molecule has 0 aliphatic rings. The van der Waals surface area contributed by atoms with Gasteiger partial charge in [-0.15, -0.1) is 0 Å². The first kappa shape index (κ1) is 12.2. The molecule has 1 aromatic rings. The monoisotopic (exact) mass is 211 g/mol. The average molecular weight is 211 g/mol. The lowest BCUT2D eigenvalue weighted by Crippen LogP contribution is -2.33. The molecule has 0 radical (unpaired) electrons. The van der Waals surface area contributed by atoms with Gasteiger partial charge in [0.2, 0.25) is 0 Å². The summed E-state index contributed by atoms with van der Waals surface area (Å²) in [6, 6.07) is 0.410. The van der Waals surface area contributed by atoms with Crippen LogP contribution in [0.15, 0.2) is 12.4 Å². The summed E-state index contributed by atoms with van der Waals surface area (Å²) in [7, 11) is 0. The van der Waals surface area contributed by atoms with E-state index < -0.39 is 0 Å². The summed E-state index contributed by atoms with van der Waals surface area (Å²) in [5.41, 5.74) is 1.17. The van der Waals surface area contributed by atoms with Gasteiger partial charge >= 0.3 is 0 Å². The minimum atomic E-state index is 0.171. The third-order valence-electron chi connectivity index (χ3n) is 2.68. The zero-order valence-corrected chi connectivity index (χ0v) is 9.77. The van der Waals surface area contributed by atoms with Crippen molar-refractivity contribution in [3.63, 3.8) is 0 Å². The molecule has 0 saturated heterocycles. The average Bonchev–Trinajstić information content (AvgIpc) is 2.74. The number of aliphatic hydroxyl groups is 1. The van der Waals surface area contributed by atoms with Crippen LogP contribution in [-0.4, -0.2) is 27.5 Å². The van der Waals surface area contributed by atoms with Crippen LogP contribution in [0.4, 0.5) is 0 Å². The largest absolute Gasteiger partial charge is 0.395 e. The van der Waals surface area contributed by atoms with Crippen molar-refractivity contribution in [2.24, 2.45) is 0 Å². The van der Waals surface area contributed by atoms with E-state index in [2.05, 4.69) is 31.2 Å². The molecule has 1 heterocycles. The highest BCUT2D eigenvalue weighted by atomic mass is 16.3. The van der Waals surface area contributed by atoms with Gasteiger partial charge in [-0.25, -0.2) is 0 Å². The van der Waals surface area contributed by atoms with Crippen molar-refractivity contribution in [3.05, 3.63) is 18.0 Å². The van der Waals surface area contributed by atoms with Crippen molar-refractivity contribution in [2.45, 2.75) is 45.8 Å². The second-order valence-corrected chi connectivity index (χ2v) is 3.81. The summed E-state index contributed by atoms with van der Waals surface area (Å²) in [4.78, 5) is 0. The van der Waals surface area contributed by atoms with E-state index in [-0.39, 0.29) is 18.7 Å². The van der Waals surface area contributed by atoms with Crippen LogP contribution in [0.5, 0.6) is 0 Å². The fraction of sp³-hybridized carbons (Fsp3) is 0.727. The van der Waals surface area contributed by atoms with Gasteiger partial charge in [-0.05, 0) is 20.3 Å². The highest BCUT2D eigenvalue weighted by Crippen LogP contribution is 2.12. The molecule has 0 saturated carbocycles. The molecule has 2 N–H and O–H groups in total. The van der Waals surface area contributed by atoms with Crippen molar-refractivity contribution in [3.8, 4) is 0 Å². The molecule has 15 heavy (non-hydrogen) atoms. The van der Waals surface area contributed by atoms with E-state index in [0.717, 1.165) is 13.0 Å². The molecule has 0 aliphatic carbocycles. The van der Waals surface area contributed by atoms with E-state index in [0.29, 0.717) is 0 Å². The predicted octanol–water partition coefficient (Wildman–Crippen LogP) is 1.32. The molecule has 4 heteroatoms. The van der Waals surface area contributed by atoms with Gasteiger partial charge in [0.05, 0.1) is 12.8 Å². The topological polar surface area (TPSA) is 50.1 Å². The molecular formula is C11H21N3O. The van der Waals surface area contributed by atoms with E-state index in [1.165, 1.54) is 5.56 Å². The van der Waals surface area contributed by atoms with Gasteiger partial charge < -0.3 is 10.4 Å². The Hall–Kier alpha value is -0.870. The molecule has 1 aromatic heterocycles. The van der Waals surface area contributed by atoms with Crippen LogP contribution < -0.4 is 5.32 Å². The number of hydrogen-bond acceptors (Lipinski definition) is 3. The number of aryl methyl sites for hydroxylation is 1. The maximum Gasteiger partial charge on any atom is 0.0584 e. The minimum absolute atomic E-state index is 0.171. The van der Waals surface area contributed by atoms with Crippen LogP contribution in [0.1, 0.15) is 38.8 Å². The van der Waals surface area contributed by atoms with Gasteiger partial charge in [0.25, 0.3) is 0 Å². The van der Waals surface area contributed by atoms with Crippen molar-refractivity contribution >= 4 is 0 Å². The summed E-state index contributed by atoms with van der Waals surface area (Å²) < 4.78 is 1.91. The molecule has 1 unspecified atom stereocenters. The number of aromatic nitrogens is 2. The number of nitrogens with one attached hydrogen (secondary N) is 1. The molecule has 0 spiro atoms. The van der Waals surface area contributed by atoms with Crippen molar-refractivity contribution in [1.29, 1.82) is 0 Å². The molecule has 0 amide bonds. The molecule has 86 valence electrons. The first-order valence-corrected chi connectivity index (χ1v) is 5.60. The van der Waals surface area contributed by atoms with E-state index in [1.54, 1.807) is 0 Å².